The summed E-state index contributed by atoms with van der Waals surface area (Å²) in [4.78, 5) is 11.3. The number of nitrogens with one attached hydrogen (secondary N) is 1. The van der Waals surface area contributed by atoms with Gasteiger partial charge >= 0.3 is 6.09 Å². The van der Waals surface area contributed by atoms with Crippen molar-refractivity contribution in [1.29, 1.82) is 0 Å². The monoisotopic (exact) mass is 225 g/mol. The van der Waals surface area contributed by atoms with E-state index in [4.69, 9.17) is 4.74 Å². The molecule has 2 aliphatic rings. The first-order valence-electron chi connectivity index (χ1n) is 6.73. The Kier molecular flexibility index (Phi) is 4.08. The smallest absolute Gasteiger partial charge is 0.407 e. The van der Waals surface area contributed by atoms with Crippen LogP contribution in [0.2, 0.25) is 0 Å². The molecular formula is C13H23NO2. The lowest BCUT2D eigenvalue weighted by atomic mass is 9.69. The third-order valence-corrected chi connectivity index (χ3v) is 4.14. The lowest BCUT2D eigenvalue weighted by Gasteiger charge is -2.39. The Morgan fingerprint density at radius 1 is 1.19 bits per heavy atom. The Morgan fingerprint density at radius 3 is 2.69 bits per heavy atom. The molecular weight excluding hydrogens is 202 g/mol. The first-order valence-corrected chi connectivity index (χ1v) is 6.73. The molecule has 16 heavy (non-hydrogen) atoms. The highest BCUT2D eigenvalue weighted by Crippen LogP contribution is 2.40. The van der Waals surface area contributed by atoms with Crippen molar-refractivity contribution in [3.63, 3.8) is 0 Å². The summed E-state index contributed by atoms with van der Waals surface area (Å²) in [6, 6.07) is 0.360. The predicted octanol–water partition coefficient (Wildman–Crippen LogP) is 3.09. The van der Waals surface area contributed by atoms with Gasteiger partial charge in [-0.2, -0.15) is 0 Å². The minimum atomic E-state index is -0.234. The zero-order valence-electron chi connectivity index (χ0n) is 10.2. The highest BCUT2D eigenvalue weighted by molar-refractivity contribution is 5.67. The zero-order chi connectivity index (χ0) is 11.4. The van der Waals surface area contributed by atoms with E-state index in [0.717, 1.165) is 18.3 Å². The highest BCUT2D eigenvalue weighted by Gasteiger charge is 2.32. The van der Waals surface area contributed by atoms with Crippen molar-refractivity contribution in [2.45, 2.75) is 57.9 Å². The molecule has 2 saturated carbocycles. The maximum absolute atomic E-state index is 11.3. The van der Waals surface area contributed by atoms with Crippen LogP contribution in [0.25, 0.3) is 0 Å². The number of hydrogen-bond acceptors (Lipinski definition) is 2. The van der Waals surface area contributed by atoms with Gasteiger partial charge in [0.2, 0.25) is 0 Å². The van der Waals surface area contributed by atoms with Crippen LogP contribution in [0.5, 0.6) is 0 Å². The molecule has 0 heterocycles. The van der Waals surface area contributed by atoms with Crippen LogP contribution in [0.4, 0.5) is 4.79 Å². The van der Waals surface area contributed by atoms with E-state index in [1.807, 2.05) is 6.92 Å². The van der Waals surface area contributed by atoms with E-state index < -0.39 is 0 Å². The zero-order valence-corrected chi connectivity index (χ0v) is 10.2. The van der Waals surface area contributed by atoms with Crippen molar-refractivity contribution in [1.82, 2.24) is 5.32 Å². The first kappa shape index (κ1) is 11.7. The fourth-order valence-electron chi connectivity index (χ4n) is 3.34. The lowest BCUT2D eigenvalue weighted by Crippen LogP contribution is -2.41. The highest BCUT2D eigenvalue weighted by atomic mass is 16.5. The molecule has 0 spiro atoms. The second-order valence-corrected chi connectivity index (χ2v) is 5.18. The van der Waals surface area contributed by atoms with Crippen LogP contribution in [0.3, 0.4) is 0 Å². The SMILES string of the molecule is CCOC(=O)NC1CCC2CCCCC2C1. The fourth-order valence-corrected chi connectivity index (χ4v) is 3.34. The fraction of sp³-hybridized carbons (Fsp3) is 0.923. The molecule has 3 unspecified atom stereocenters. The summed E-state index contributed by atoms with van der Waals surface area (Å²) in [6.45, 7) is 2.31. The van der Waals surface area contributed by atoms with Crippen LogP contribution in [0.1, 0.15) is 51.9 Å². The van der Waals surface area contributed by atoms with Gasteiger partial charge in [-0.25, -0.2) is 4.79 Å². The number of carbonyl (C=O) groups is 1. The molecule has 0 aliphatic heterocycles. The molecule has 2 aliphatic carbocycles. The van der Waals surface area contributed by atoms with Gasteiger partial charge in [0.25, 0.3) is 0 Å². The lowest BCUT2D eigenvalue weighted by molar-refractivity contribution is 0.120. The summed E-state index contributed by atoms with van der Waals surface area (Å²) in [6.07, 6.45) is 8.94. The van der Waals surface area contributed by atoms with Crippen LogP contribution in [0, 0.1) is 11.8 Å². The minimum absolute atomic E-state index is 0.234. The molecule has 0 radical (unpaired) electrons. The Labute approximate surface area is 97.9 Å². The standard InChI is InChI=1S/C13H23NO2/c1-2-16-13(15)14-12-8-7-10-5-3-4-6-11(10)9-12/h10-12H,2-9H2,1H3,(H,14,15). The largest absolute Gasteiger partial charge is 0.450 e. The first-order chi connectivity index (χ1) is 7.79. The van der Waals surface area contributed by atoms with Gasteiger partial charge in [0.05, 0.1) is 6.61 Å². The van der Waals surface area contributed by atoms with E-state index in [2.05, 4.69) is 5.32 Å². The van der Waals surface area contributed by atoms with Crippen molar-refractivity contribution in [2.24, 2.45) is 11.8 Å². The molecule has 3 atom stereocenters. The number of fused-ring (bicyclic) bond motifs is 1. The number of carbonyl (C=O) groups excluding carboxylic acids is 1. The average Bonchev–Trinajstić information content (AvgIpc) is 2.29. The van der Waals surface area contributed by atoms with Gasteiger partial charge in [0, 0.05) is 6.04 Å². The molecule has 0 aromatic heterocycles. The maximum Gasteiger partial charge on any atom is 0.407 e. The van der Waals surface area contributed by atoms with Crippen molar-refractivity contribution in [3.8, 4) is 0 Å². The molecule has 0 aromatic carbocycles. The molecule has 0 saturated heterocycles. The number of alkyl carbamates (subject to hydrolysis) is 1. The van der Waals surface area contributed by atoms with Crippen molar-refractivity contribution < 1.29 is 9.53 Å². The summed E-state index contributed by atoms with van der Waals surface area (Å²) in [5, 5.41) is 2.99. The van der Waals surface area contributed by atoms with E-state index in [9.17, 15) is 4.79 Å². The molecule has 0 aromatic rings. The molecule has 2 rings (SSSR count). The molecule has 2 fully saturated rings. The molecule has 92 valence electrons. The maximum atomic E-state index is 11.3. The summed E-state index contributed by atoms with van der Waals surface area (Å²) >= 11 is 0. The summed E-state index contributed by atoms with van der Waals surface area (Å²) in [5.74, 6) is 1.79. The van der Waals surface area contributed by atoms with Crippen molar-refractivity contribution in [3.05, 3.63) is 0 Å². The van der Waals surface area contributed by atoms with Gasteiger partial charge in [0.1, 0.15) is 0 Å². The third-order valence-electron chi connectivity index (χ3n) is 4.14. The van der Waals surface area contributed by atoms with Crippen molar-refractivity contribution in [2.75, 3.05) is 6.61 Å². The quantitative estimate of drug-likeness (QED) is 0.784. The van der Waals surface area contributed by atoms with E-state index in [1.54, 1.807) is 0 Å². The Morgan fingerprint density at radius 2 is 1.94 bits per heavy atom. The second-order valence-electron chi connectivity index (χ2n) is 5.18. The van der Waals surface area contributed by atoms with Gasteiger partial charge in [-0.1, -0.05) is 25.7 Å². The third kappa shape index (κ3) is 2.89. The minimum Gasteiger partial charge on any atom is -0.450 e. The molecule has 1 amide bonds. The van der Waals surface area contributed by atoms with Crippen LogP contribution in [-0.2, 0) is 4.74 Å². The second kappa shape index (κ2) is 5.55. The van der Waals surface area contributed by atoms with Gasteiger partial charge in [-0.05, 0) is 38.0 Å². The van der Waals surface area contributed by atoms with E-state index in [0.29, 0.717) is 12.6 Å². The van der Waals surface area contributed by atoms with Gasteiger partial charge in [-0.3, -0.25) is 0 Å². The normalized spacial score (nSPS) is 33.9. The number of ether oxygens (including phenoxy) is 1. The van der Waals surface area contributed by atoms with Crippen LogP contribution in [0.15, 0.2) is 0 Å². The van der Waals surface area contributed by atoms with Crippen LogP contribution < -0.4 is 5.32 Å². The van der Waals surface area contributed by atoms with E-state index >= 15 is 0 Å². The van der Waals surface area contributed by atoms with Gasteiger partial charge < -0.3 is 10.1 Å². The van der Waals surface area contributed by atoms with E-state index in [-0.39, 0.29) is 6.09 Å². The Balaban J connectivity index is 1.78. The number of hydrogen-bond donors (Lipinski definition) is 1. The Bertz CT molecular complexity index is 242. The number of amides is 1. The van der Waals surface area contributed by atoms with Gasteiger partial charge in [-0.15, -0.1) is 0 Å². The molecule has 0 bridgehead atoms. The summed E-state index contributed by atoms with van der Waals surface area (Å²) in [5.41, 5.74) is 0. The topological polar surface area (TPSA) is 38.3 Å². The van der Waals surface area contributed by atoms with Crippen LogP contribution in [-0.4, -0.2) is 18.7 Å². The van der Waals surface area contributed by atoms with Crippen molar-refractivity contribution >= 4 is 6.09 Å². The molecule has 3 heteroatoms. The Hall–Kier alpha value is -0.730. The number of rotatable bonds is 2. The average molecular weight is 225 g/mol. The summed E-state index contributed by atoms with van der Waals surface area (Å²) < 4.78 is 4.93. The summed E-state index contributed by atoms with van der Waals surface area (Å²) in [7, 11) is 0. The van der Waals surface area contributed by atoms with Crippen LogP contribution >= 0.6 is 0 Å². The molecule has 1 N–H and O–H groups in total. The predicted molar refractivity (Wildman–Crippen MR) is 63.2 cm³/mol. The molecule has 3 nitrogen and oxygen atoms in total. The van der Waals surface area contributed by atoms with E-state index in [1.165, 1.54) is 38.5 Å². The van der Waals surface area contributed by atoms with Gasteiger partial charge in [0.15, 0.2) is 0 Å².